The monoisotopic (exact) mass is 1030 g/mol. The second-order valence-corrected chi connectivity index (χ2v) is 20.4. The number of hydrogen-bond donors (Lipinski definition) is 0. The maximum atomic E-state index is 5.99. The van der Waals surface area contributed by atoms with E-state index in [2.05, 4.69) is 256 Å². The molecule has 0 aliphatic heterocycles. The first-order valence-corrected chi connectivity index (χ1v) is 27.2. The molecule has 0 aliphatic carbocycles. The highest BCUT2D eigenvalue weighted by Gasteiger charge is 2.30. The van der Waals surface area contributed by atoms with Gasteiger partial charge in [-0.3, -0.25) is 13.7 Å². The second kappa shape index (κ2) is 18.8. The zero-order valence-corrected chi connectivity index (χ0v) is 43.6. The molecule has 0 bridgehead atoms. The third kappa shape index (κ3) is 7.64. The van der Waals surface area contributed by atoms with Crippen molar-refractivity contribution >= 4 is 65.4 Å². The van der Waals surface area contributed by atoms with Crippen molar-refractivity contribution in [2.45, 2.75) is 0 Å². The summed E-state index contributed by atoms with van der Waals surface area (Å²) in [6, 6.07) is 98.2. The SMILES string of the molecule is c1ccc(-c2ccc3c(c2)c2ccccc2n3-c2nc(-n3c4ccccc4c4cc(-c5ccccc5)ccc43)c(-c3nc(-c4ccccc4)nc(-c4ccccc4)n3)c(-n3c4ccccc4c4cc(-c5ccccc5)ccc43)n2)cc1. The fourth-order valence-corrected chi connectivity index (χ4v) is 12.0. The van der Waals surface area contributed by atoms with Crippen molar-refractivity contribution in [1.82, 2.24) is 38.6 Å². The Hall–Kier alpha value is -11.1. The zero-order valence-electron chi connectivity index (χ0n) is 43.6. The van der Waals surface area contributed by atoms with Crippen molar-refractivity contribution in [2.75, 3.05) is 0 Å². The minimum atomic E-state index is 0.424. The van der Waals surface area contributed by atoms with Gasteiger partial charge in [-0.2, -0.15) is 9.97 Å². The molecule has 8 heteroatoms. The molecule has 8 nitrogen and oxygen atoms in total. The van der Waals surface area contributed by atoms with E-state index in [0.717, 1.165) is 110 Å². The predicted octanol–water partition coefficient (Wildman–Crippen LogP) is 18.0. The molecule has 5 aromatic heterocycles. The topological polar surface area (TPSA) is 79.2 Å². The summed E-state index contributed by atoms with van der Waals surface area (Å²) >= 11 is 0. The van der Waals surface area contributed by atoms with Gasteiger partial charge in [-0.1, -0.05) is 224 Å². The second-order valence-electron chi connectivity index (χ2n) is 20.4. The van der Waals surface area contributed by atoms with E-state index in [-0.39, 0.29) is 0 Å². The first kappa shape index (κ1) is 46.0. The molecule has 5 heterocycles. The van der Waals surface area contributed by atoms with Crippen molar-refractivity contribution < 1.29 is 0 Å². The van der Waals surface area contributed by atoms with Crippen LogP contribution in [0.2, 0.25) is 0 Å². The van der Waals surface area contributed by atoms with Crippen LogP contribution in [0.5, 0.6) is 0 Å². The lowest BCUT2D eigenvalue weighted by Crippen LogP contribution is -2.14. The molecule has 0 atom stereocenters. The molecule has 0 unspecified atom stereocenters. The standard InChI is InChI=1S/C73H46N8/c1-6-22-47(23-7-1)52-38-41-64-58(44-52)55-32-16-19-35-61(55)79(64)71-67(70-75-68(50-28-12-4-13-29-50)74-69(76-70)51-30-14-5-15-31-51)72(80-62-36-20-17-33-56(62)59-45-53(39-42-65(59)80)48-24-8-2-9-25-48)78-73(77-71)81-63-37-21-18-34-57(63)60-46-54(40-43-66(60)81)49-26-10-3-11-27-49/h1-46H. The van der Waals surface area contributed by atoms with E-state index >= 15 is 0 Å². The molecule has 81 heavy (non-hydrogen) atoms. The molecule has 0 saturated heterocycles. The highest BCUT2D eigenvalue weighted by molar-refractivity contribution is 6.14. The molecule has 0 radical (unpaired) electrons. The minimum absolute atomic E-state index is 0.424. The van der Waals surface area contributed by atoms with Gasteiger partial charge in [0.2, 0.25) is 5.95 Å². The molecule has 0 spiro atoms. The third-order valence-electron chi connectivity index (χ3n) is 15.7. The van der Waals surface area contributed by atoms with Crippen LogP contribution in [0.25, 0.3) is 151 Å². The first-order valence-electron chi connectivity index (χ1n) is 27.2. The number of para-hydroxylation sites is 3. The minimum Gasteiger partial charge on any atom is -0.293 e. The van der Waals surface area contributed by atoms with E-state index in [1.807, 2.05) is 36.4 Å². The van der Waals surface area contributed by atoms with Crippen LogP contribution in [0.4, 0.5) is 0 Å². The van der Waals surface area contributed by atoms with Gasteiger partial charge < -0.3 is 0 Å². The van der Waals surface area contributed by atoms with E-state index in [4.69, 9.17) is 24.9 Å². The lowest BCUT2D eigenvalue weighted by Gasteiger charge is -2.20. The van der Waals surface area contributed by atoms with E-state index in [9.17, 15) is 0 Å². The predicted molar refractivity (Wildman–Crippen MR) is 331 cm³/mol. The Labute approximate surface area is 465 Å². The average molecular weight is 1040 g/mol. The average Bonchev–Trinajstić information content (AvgIpc) is 4.01. The van der Waals surface area contributed by atoms with Crippen molar-refractivity contribution in [2.24, 2.45) is 0 Å². The highest BCUT2D eigenvalue weighted by Crippen LogP contribution is 2.44. The van der Waals surface area contributed by atoms with E-state index in [1.165, 1.54) is 0 Å². The number of aromatic nitrogens is 8. The van der Waals surface area contributed by atoms with Crippen molar-refractivity contribution in [3.8, 4) is 85.1 Å². The van der Waals surface area contributed by atoms with Gasteiger partial charge in [0.1, 0.15) is 5.56 Å². The van der Waals surface area contributed by atoms with Gasteiger partial charge in [-0.05, 0) is 88.0 Å². The van der Waals surface area contributed by atoms with Crippen molar-refractivity contribution in [3.63, 3.8) is 0 Å². The maximum absolute atomic E-state index is 5.99. The molecule has 0 saturated carbocycles. The normalized spacial score (nSPS) is 11.7. The lowest BCUT2D eigenvalue weighted by molar-refractivity contribution is 0.914. The number of rotatable bonds is 9. The lowest BCUT2D eigenvalue weighted by atomic mass is 10.0. The summed E-state index contributed by atoms with van der Waals surface area (Å²) in [4.78, 5) is 28.3. The molecule has 16 aromatic rings. The largest absolute Gasteiger partial charge is 0.293 e. The Bertz CT molecular complexity index is 4850. The van der Waals surface area contributed by atoms with Gasteiger partial charge in [0.05, 0.1) is 33.1 Å². The van der Waals surface area contributed by atoms with Crippen LogP contribution in [0, 0.1) is 0 Å². The fraction of sp³-hybridized carbons (Fsp3) is 0. The molecule has 0 fully saturated rings. The Balaban J connectivity index is 1.10. The molecule has 0 aliphatic rings. The van der Waals surface area contributed by atoms with Crippen LogP contribution in [0.15, 0.2) is 279 Å². The molecule has 0 N–H and O–H groups in total. The maximum Gasteiger partial charge on any atom is 0.238 e. The molecular formula is C73H46N8. The van der Waals surface area contributed by atoms with E-state index in [0.29, 0.717) is 40.6 Å². The summed E-state index contributed by atoms with van der Waals surface area (Å²) in [6.45, 7) is 0. The van der Waals surface area contributed by atoms with Gasteiger partial charge in [0.25, 0.3) is 0 Å². The van der Waals surface area contributed by atoms with Crippen LogP contribution >= 0.6 is 0 Å². The number of fused-ring (bicyclic) bond motifs is 9. The quantitative estimate of drug-likeness (QED) is 0.144. The molecular weight excluding hydrogens is 989 g/mol. The summed E-state index contributed by atoms with van der Waals surface area (Å²) in [6.07, 6.45) is 0. The van der Waals surface area contributed by atoms with Gasteiger partial charge in [-0.15, -0.1) is 0 Å². The van der Waals surface area contributed by atoms with Gasteiger partial charge in [0, 0.05) is 43.4 Å². The van der Waals surface area contributed by atoms with Gasteiger partial charge in [0.15, 0.2) is 29.1 Å². The smallest absolute Gasteiger partial charge is 0.238 e. The first-order chi connectivity index (χ1) is 40.2. The summed E-state index contributed by atoms with van der Waals surface area (Å²) in [5.74, 6) is 3.19. The summed E-state index contributed by atoms with van der Waals surface area (Å²) < 4.78 is 6.85. The van der Waals surface area contributed by atoms with Crippen LogP contribution in [0.3, 0.4) is 0 Å². The Kier molecular flexibility index (Phi) is 10.7. The molecule has 16 rings (SSSR count). The van der Waals surface area contributed by atoms with Crippen LogP contribution in [0.1, 0.15) is 0 Å². The number of benzene rings is 11. The summed E-state index contributed by atoms with van der Waals surface area (Å²) in [5.41, 5.74) is 15.0. The number of nitrogens with zero attached hydrogens (tertiary/aromatic N) is 8. The Morgan fingerprint density at radius 1 is 0.198 bits per heavy atom. The highest BCUT2D eigenvalue weighted by atomic mass is 15.2. The fourth-order valence-electron chi connectivity index (χ4n) is 12.0. The number of hydrogen-bond acceptors (Lipinski definition) is 5. The van der Waals surface area contributed by atoms with E-state index in [1.54, 1.807) is 0 Å². The van der Waals surface area contributed by atoms with Crippen LogP contribution in [-0.4, -0.2) is 38.6 Å². The van der Waals surface area contributed by atoms with Crippen LogP contribution < -0.4 is 0 Å². The van der Waals surface area contributed by atoms with Crippen molar-refractivity contribution in [3.05, 3.63) is 279 Å². The van der Waals surface area contributed by atoms with Crippen molar-refractivity contribution in [1.29, 1.82) is 0 Å². The van der Waals surface area contributed by atoms with Gasteiger partial charge in [-0.25, -0.2) is 15.0 Å². The zero-order chi connectivity index (χ0) is 53.4. The Morgan fingerprint density at radius 2 is 0.481 bits per heavy atom. The third-order valence-corrected chi connectivity index (χ3v) is 15.7. The van der Waals surface area contributed by atoms with Gasteiger partial charge >= 0.3 is 0 Å². The molecule has 0 amide bonds. The molecule has 378 valence electrons. The van der Waals surface area contributed by atoms with E-state index < -0.39 is 0 Å². The summed E-state index contributed by atoms with van der Waals surface area (Å²) in [5, 5.41) is 6.52. The molecule has 11 aromatic carbocycles. The Morgan fingerprint density at radius 3 is 0.852 bits per heavy atom. The van der Waals surface area contributed by atoms with Crippen LogP contribution in [-0.2, 0) is 0 Å². The summed E-state index contributed by atoms with van der Waals surface area (Å²) in [7, 11) is 0.